The standard InChI is InChI=1S/C20H19FN6OS/c21-13-9-15(18-16(10-13)23-20(29)24-18)19(28)26-7-5-25(6-8-26)11-14-12-27-4-2-1-3-17(27)22-14/h1-4,9-10,12H,5-8,11H2,(H2,23,24,29). The highest BCUT2D eigenvalue weighted by molar-refractivity contribution is 7.71. The normalized spacial score (nSPS) is 15.4. The maximum absolute atomic E-state index is 14.0. The molecule has 1 saturated heterocycles. The van der Waals surface area contributed by atoms with Gasteiger partial charge < -0.3 is 19.3 Å². The summed E-state index contributed by atoms with van der Waals surface area (Å²) in [5, 5.41) is 0. The molecule has 2 N–H and O–H groups in total. The van der Waals surface area contributed by atoms with Gasteiger partial charge in [-0.2, -0.15) is 0 Å². The molecule has 0 spiro atoms. The molecule has 0 aliphatic carbocycles. The average molecular weight is 410 g/mol. The number of nitrogens with zero attached hydrogens (tertiary/aromatic N) is 4. The molecule has 0 radical (unpaired) electrons. The highest BCUT2D eigenvalue weighted by Crippen LogP contribution is 2.20. The number of hydrogen-bond donors (Lipinski definition) is 2. The summed E-state index contributed by atoms with van der Waals surface area (Å²) >= 11 is 5.09. The van der Waals surface area contributed by atoms with Gasteiger partial charge in [0.1, 0.15) is 11.5 Å². The van der Waals surface area contributed by atoms with E-state index in [-0.39, 0.29) is 5.91 Å². The van der Waals surface area contributed by atoms with Gasteiger partial charge in [-0.1, -0.05) is 6.07 Å². The smallest absolute Gasteiger partial charge is 0.256 e. The molecule has 148 valence electrons. The summed E-state index contributed by atoms with van der Waals surface area (Å²) < 4.78 is 16.3. The largest absolute Gasteiger partial charge is 0.336 e. The van der Waals surface area contributed by atoms with E-state index in [1.54, 1.807) is 4.90 Å². The minimum absolute atomic E-state index is 0.188. The number of benzene rings is 1. The van der Waals surface area contributed by atoms with Crippen LogP contribution in [0.5, 0.6) is 0 Å². The van der Waals surface area contributed by atoms with Crippen molar-refractivity contribution in [2.24, 2.45) is 0 Å². The van der Waals surface area contributed by atoms with Crippen molar-refractivity contribution in [3.8, 4) is 0 Å². The molecule has 0 bridgehead atoms. The summed E-state index contributed by atoms with van der Waals surface area (Å²) in [5.41, 5.74) is 3.29. The summed E-state index contributed by atoms with van der Waals surface area (Å²) in [5.74, 6) is -0.649. The number of hydrogen-bond acceptors (Lipinski definition) is 4. The number of halogens is 1. The van der Waals surface area contributed by atoms with Gasteiger partial charge in [0, 0.05) is 45.1 Å². The summed E-state index contributed by atoms with van der Waals surface area (Å²) in [4.78, 5) is 27.5. The van der Waals surface area contributed by atoms with Crippen LogP contribution < -0.4 is 0 Å². The zero-order valence-corrected chi connectivity index (χ0v) is 16.4. The van der Waals surface area contributed by atoms with Crippen LogP contribution in [0.4, 0.5) is 4.39 Å². The third-order valence-corrected chi connectivity index (χ3v) is 5.48. The number of amides is 1. The number of pyridine rings is 1. The lowest BCUT2D eigenvalue weighted by Crippen LogP contribution is -2.48. The van der Waals surface area contributed by atoms with Gasteiger partial charge in [0.05, 0.1) is 22.3 Å². The highest BCUT2D eigenvalue weighted by atomic mass is 32.1. The summed E-state index contributed by atoms with van der Waals surface area (Å²) in [7, 11) is 0. The number of carbonyl (C=O) groups is 1. The van der Waals surface area contributed by atoms with Crippen LogP contribution in [-0.2, 0) is 6.54 Å². The number of carbonyl (C=O) groups excluding carboxylic acids is 1. The van der Waals surface area contributed by atoms with Gasteiger partial charge in [-0.25, -0.2) is 9.37 Å². The van der Waals surface area contributed by atoms with Crippen LogP contribution in [0.1, 0.15) is 16.1 Å². The van der Waals surface area contributed by atoms with Gasteiger partial charge in [-0.15, -0.1) is 0 Å². The quantitative estimate of drug-likeness (QED) is 0.510. The van der Waals surface area contributed by atoms with E-state index in [2.05, 4.69) is 19.9 Å². The van der Waals surface area contributed by atoms with Crippen LogP contribution in [0, 0.1) is 10.6 Å². The monoisotopic (exact) mass is 410 g/mol. The molecule has 9 heteroatoms. The molecule has 4 aromatic rings. The Kier molecular flexibility index (Phi) is 4.40. The second-order valence-electron chi connectivity index (χ2n) is 7.22. The number of nitrogens with one attached hydrogen (secondary N) is 2. The van der Waals surface area contributed by atoms with E-state index in [0.29, 0.717) is 34.5 Å². The fourth-order valence-electron chi connectivity index (χ4n) is 3.85. The van der Waals surface area contributed by atoms with Crippen molar-refractivity contribution in [1.29, 1.82) is 0 Å². The van der Waals surface area contributed by atoms with E-state index in [1.165, 1.54) is 12.1 Å². The number of rotatable bonds is 3. The number of fused-ring (bicyclic) bond motifs is 2. The van der Waals surface area contributed by atoms with E-state index in [1.807, 2.05) is 35.0 Å². The Morgan fingerprint density at radius 1 is 1.17 bits per heavy atom. The number of piperazine rings is 1. The van der Waals surface area contributed by atoms with Crippen LogP contribution >= 0.6 is 12.2 Å². The van der Waals surface area contributed by atoms with Crippen molar-refractivity contribution in [3.05, 3.63) is 64.6 Å². The molecular formula is C20H19FN6OS. The topological polar surface area (TPSA) is 72.4 Å². The third kappa shape index (κ3) is 3.43. The molecule has 1 aromatic carbocycles. The first-order chi connectivity index (χ1) is 14.1. The molecule has 4 heterocycles. The maximum Gasteiger partial charge on any atom is 0.256 e. The molecule has 0 unspecified atom stereocenters. The Balaban J connectivity index is 1.29. The van der Waals surface area contributed by atoms with Crippen LogP contribution in [0.15, 0.2) is 42.7 Å². The van der Waals surface area contributed by atoms with Crippen LogP contribution in [0.3, 0.4) is 0 Å². The van der Waals surface area contributed by atoms with Crippen LogP contribution in [0.2, 0.25) is 0 Å². The number of aromatic amines is 2. The summed E-state index contributed by atoms with van der Waals surface area (Å²) in [6.07, 6.45) is 4.01. The highest BCUT2D eigenvalue weighted by Gasteiger charge is 2.25. The lowest BCUT2D eigenvalue weighted by atomic mass is 10.1. The first kappa shape index (κ1) is 18.0. The lowest BCUT2D eigenvalue weighted by molar-refractivity contribution is 0.0628. The zero-order valence-electron chi connectivity index (χ0n) is 15.6. The summed E-state index contributed by atoms with van der Waals surface area (Å²) in [6.45, 7) is 3.37. The Morgan fingerprint density at radius 2 is 2.00 bits per heavy atom. The van der Waals surface area contributed by atoms with Crippen molar-refractivity contribution in [2.75, 3.05) is 26.2 Å². The first-order valence-electron chi connectivity index (χ1n) is 9.42. The SMILES string of the molecule is O=C(c1cc(F)cc2[nH]c(=S)[nH]c12)N1CCN(Cc2cn3ccccc3n2)CC1. The Bertz CT molecular complexity index is 1230. The molecule has 1 aliphatic heterocycles. The van der Waals surface area contributed by atoms with E-state index in [0.717, 1.165) is 31.0 Å². The fraction of sp³-hybridized carbons (Fsp3) is 0.250. The molecule has 3 aromatic heterocycles. The molecule has 1 fully saturated rings. The summed E-state index contributed by atoms with van der Waals surface area (Å²) in [6, 6.07) is 8.53. The van der Waals surface area contributed by atoms with Gasteiger partial charge in [-0.05, 0) is 36.5 Å². The third-order valence-electron chi connectivity index (χ3n) is 5.28. The van der Waals surface area contributed by atoms with Gasteiger partial charge in [-0.3, -0.25) is 9.69 Å². The minimum Gasteiger partial charge on any atom is -0.336 e. The molecule has 0 saturated carbocycles. The van der Waals surface area contributed by atoms with Crippen molar-refractivity contribution in [3.63, 3.8) is 0 Å². The number of aromatic nitrogens is 4. The predicted molar refractivity (Wildman–Crippen MR) is 110 cm³/mol. The Labute approximate surface area is 170 Å². The predicted octanol–water partition coefficient (Wildman–Crippen LogP) is 2.97. The van der Waals surface area contributed by atoms with Gasteiger partial charge in [0.2, 0.25) is 0 Å². The van der Waals surface area contributed by atoms with E-state index in [9.17, 15) is 9.18 Å². The van der Waals surface area contributed by atoms with E-state index in [4.69, 9.17) is 12.2 Å². The van der Waals surface area contributed by atoms with Crippen LogP contribution in [0.25, 0.3) is 16.7 Å². The van der Waals surface area contributed by atoms with E-state index < -0.39 is 5.82 Å². The average Bonchev–Trinajstić information content (AvgIpc) is 3.29. The molecule has 1 amide bonds. The molecule has 29 heavy (non-hydrogen) atoms. The number of H-pyrrole nitrogens is 2. The van der Waals surface area contributed by atoms with Gasteiger partial charge in [0.15, 0.2) is 4.77 Å². The second kappa shape index (κ2) is 7.09. The molecule has 7 nitrogen and oxygen atoms in total. The lowest BCUT2D eigenvalue weighted by Gasteiger charge is -2.34. The molecule has 0 atom stereocenters. The van der Waals surface area contributed by atoms with Crippen molar-refractivity contribution in [1.82, 2.24) is 29.2 Å². The molecular weight excluding hydrogens is 391 g/mol. The first-order valence-corrected chi connectivity index (χ1v) is 9.83. The molecule has 5 rings (SSSR count). The maximum atomic E-state index is 14.0. The van der Waals surface area contributed by atoms with E-state index >= 15 is 0 Å². The van der Waals surface area contributed by atoms with Crippen molar-refractivity contribution >= 4 is 34.8 Å². The zero-order chi connectivity index (χ0) is 20.0. The fourth-order valence-corrected chi connectivity index (χ4v) is 4.06. The van der Waals surface area contributed by atoms with Gasteiger partial charge >= 0.3 is 0 Å². The Hall–Kier alpha value is -3.04. The van der Waals surface area contributed by atoms with Crippen molar-refractivity contribution < 1.29 is 9.18 Å². The Morgan fingerprint density at radius 3 is 2.79 bits per heavy atom. The second-order valence-corrected chi connectivity index (χ2v) is 7.63. The minimum atomic E-state index is -0.461. The molecule has 1 aliphatic rings. The van der Waals surface area contributed by atoms with Gasteiger partial charge in [0.25, 0.3) is 5.91 Å². The van der Waals surface area contributed by atoms with Crippen molar-refractivity contribution in [2.45, 2.75) is 6.54 Å². The van der Waals surface area contributed by atoms with Crippen LogP contribution in [-0.4, -0.2) is 61.2 Å². The number of imidazole rings is 2.